The van der Waals surface area contributed by atoms with Crippen LogP contribution in [0.4, 0.5) is 0 Å². The van der Waals surface area contributed by atoms with Gasteiger partial charge in [-0.1, -0.05) is 115 Å². The van der Waals surface area contributed by atoms with E-state index in [1.54, 1.807) is 11.3 Å². The number of para-hydroxylation sites is 3. The van der Waals surface area contributed by atoms with Crippen LogP contribution in [0.5, 0.6) is 0 Å². The van der Waals surface area contributed by atoms with Gasteiger partial charge in [0.25, 0.3) is 0 Å². The molecule has 7 aromatic carbocycles. The molecule has 0 amide bonds. The van der Waals surface area contributed by atoms with Crippen LogP contribution in [0.3, 0.4) is 0 Å². The summed E-state index contributed by atoms with van der Waals surface area (Å²) in [6.07, 6.45) is 0. The quantitative estimate of drug-likeness (QED) is 0.179. The first-order valence-corrected chi connectivity index (χ1v) is 18.3. The third-order valence-electron chi connectivity index (χ3n) is 9.93. The highest BCUT2D eigenvalue weighted by Crippen LogP contribution is 2.40. The van der Waals surface area contributed by atoms with E-state index in [0.717, 1.165) is 86.8 Å². The van der Waals surface area contributed by atoms with Gasteiger partial charge in [0.05, 0.1) is 21.3 Å². The molecule has 0 aliphatic carbocycles. The van der Waals surface area contributed by atoms with E-state index in [2.05, 4.69) is 138 Å². The summed E-state index contributed by atoms with van der Waals surface area (Å²) < 4.78 is 9.77. The summed E-state index contributed by atoms with van der Waals surface area (Å²) in [5.74, 6) is 1.71. The van der Waals surface area contributed by atoms with Crippen molar-refractivity contribution in [3.8, 4) is 50.4 Å². The van der Waals surface area contributed by atoms with Gasteiger partial charge < -0.3 is 4.42 Å². The van der Waals surface area contributed by atoms with Crippen molar-refractivity contribution in [3.63, 3.8) is 0 Å². The summed E-state index contributed by atoms with van der Waals surface area (Å²) in [5.41, 5.74) is 9.72. The Bertz CT molecular complexity index is 3090. The fourth-order valence-corrected chi connectivity index (χ4v) is 8.40. The highest BCUT2D eigenvalue weighted by atomic mass is 32.1. The molecule has 0 unspecified atom stereocenters. The second-order valence-electron chi connectivity index (χ2n) is 13.1. The molecule has 4 aromatic heterocycles. The van der Waals surface area contributed by atoms with E-state index < -0.39 is 0 Å². The number of nitrogens with zero attached hydrogens (tertiary/aromatic N) is 5. The second-order valence-corrected chi connectivity index (χ2v) is 14.1. The highest BCUT2D eigenvalue weighted by molar-refractivity contribution is 7.21. The first-order valence-electron chi connectivity index (χ1n) is 17.5. The molecule has 0 aliphatic heterocycles. The molecule has 53 heavy (non-hydrogen) atoms. The van der Waals surface area contributed by atoms with Crippen molar-refractivity contribution < 1.29 is 4.42 Å². The van der Waals surface area contributed by atoms with E-state index in [1.807, 2.05) is 30.3 Å². The van der Waals surface area contributed by atoms with Crippen LogP contribution in [-0.2, 0) is 0 Å². The Labute approximate surface area is 307 Å². The third-order valence-corrected chi connectivity index (χ3v) is 11.0. The number of furan rings is 1. The third kappa shape index (κ3) is 4.86. The van der Waals surface area contributed by atoms with Gasteiger partial charge in [0.15, 0.2) is 11.6 Å². The lowest BCUT2D eigenvalue weighted by Crippen LogP contribution is -2.06. The second kappa shape index (κ2) is 11.8. The molecule has 7 heteroatoms. The molecule has 0 fully saturated rings. The molecule has 6 nitrogen and oxygen atoms in total. The first kappa shape index (κ1) is 29.7. The van der Waals surface area contributed by atoms with E-state index in [-0.39, 0.29) is 0 Å². The average molecular weight is 698 g/mol. The normalized spacial score (nSPS) is 11.8. The van der Waals surface area contributed by atoms with Gasteiger partial charge in [0, 0.05) is 38.2 Å². The number of rotatable bonds is 5. The van der Waals surface area contributed by atoms with Crippen LogP contribution in [0.1, 0.15) is 0 Å². The minimum Gasteiger partial charge on any atom is -0.456 e. The molecule has 0 saturated heterocycles. The first-order chi connectivity index (χ1) is 26.2. The highest BCUT2D eigenvalue weighted by Gasteiger charge is 2.21. The number of hydrogen-bond acceptors (Lipinski definition) is 6. The average Bonchev–Trinajstić information content (AvgIpc) is 3.93. The van der Waals surface area contributed by atoms with Crippen LogP contribution in [0.25, 0.3) is 104 Å². The zero-order chi connectivity index (χ0) is 34.9. The Morgan fingerprint density at radius 3 is 1.91 bits per heavy atom. The van der Waals surface area contributed by atoms with Crippen molar-refractivity contribution in [2.75, 3.05) is 0 Å². The molecule has 4 heterocycles. The van der Waals surface area contributed by atoms with Gasteiger partial charge in [-0.15, -0.1) is 11.3 Å². The van der Waals surface area contributed by atoms with Crippen LogP contribution in [0.2, 0.25) is 0 Å². The van der Waals surface area contributed by atoms with Gasteiger partial charge in [0.2, 0.25) is 5.95 Å². The molecule has 0 aliphatic rings. The number of fused-ring (bicyclic) bond motifs is 7. The van der Waals surface area contributed by atoms with E-state index in [4.69, 9.17) is 24.4 Å². The number of benzene rings is 7. The zero-order valence-electron chi connectivity index (χ0n) is 28.1. The lowest BCUT2D eigenvalue weighted by molar-refractivity contribution is 0.669. The standard InChI is InChI=1S/C46H27N5OS/c1-2-11-28(12-3-1)29-21-23-30(24-22-29)43-48-44(50-46(49-43)51-37-17-7-4-13-32(37)33-14-5-8-18-38(33)51)34-15-10-19-40-42(34)35-27-31(25-26-39(35)52-40)45-47-36-16-6-9-20-41(36)53-45/h1-27H. The van der Waals surface area contributed by atoms with E-state index in [9.17, 15) is 0 Å². The fraction of sp³-hybridized carbons (Fsp3) is 0. The molecule has 0 saturated carbocycles. The SMILES string of the molecule is c1ccc(-c2ccc(-c3nc(-c4cccc5oc6ccc(-c7nc8ccccc8s7)cc6c45)nc(-n4c5ccccc5c5ccccc54)n3)cc2)cc1. The van der Waals surface area contributed by atoms with Crippen molar-refractivity contribution >= 4 is 65.3 Å². The van der Waals surface area contributed by atoms with Gasteiger partial charge in [-0.25, -0.2) is 9.97 Å². The van der Waals surface area contributed by atoms with Gasteiger partial charge in [-0.05, 0) is 59.7 Å². The van der Waals surface area contributed by atoms with Crippen LogP contribution in [-0.4, -0.2) is 24.5 Å². The minimum absolute atomic E-state index is 0.550. The molecule has 0 spiro atoms. The predicted octanol–water partition coefficient (Wildman–Crippen LogP) is 12.1. The molecule has 0 atom stereocenters. The summed E-state index contributed by atoms with van der Waals surface area (Å²) >= 11 is 1.69. The molecule has 0 N–H and O–H groups in total. The Morgan fingerprint density at radius 2 is 1.11 bits per heavy atom. The summed E-state index contributed by atoms with van der Waals surface area (Å²) in [6.45, 7) is 0. The summed E-state index contributed by atoms with van der Waals surface area (Å²) in [6, 6.07) is 56.3. The molecular weight excluding hydrogens is 671 g/mol. The zero-order valence-corrected chi connectivity index (χ0v) is 29.0. The van der Waals surface area contributed by atoms with Gasteiger partial charge >= 0.3 is 0 Å². The Kier molecular flexibility index (Phi) is 6.62. The minimum atomic E-state index is 0.550. The molecule has 11 aromatic rings. The van der Waals surface area contributed by atoms with Crippen LogP contribution >= 0.6 is 11.3 Å². The Hall–Kier alpha value is -6.96. The maximum absolute atomic E-state index is 6.46. The summed E-state index contributed by atoms with van der Waals surface area (Å²) in [4.78, 5) is 20.6. The molecular formula is C46H27N5OS. The van der Waals surface area contributed by atoms with E-state index in [0.29, 0.717) is 17.6 Å². The maximum Gasteiger partial charge on any atom is 0.238 e. The smallest absolute Gasteiger partial charge is 0.238 e. The van der Waals surface area contributed by atoms with E-state index in [1.165, 1.54) is 0 Å². The largest absolute Gasteiger partial charge is 0.456 e. The molecule has 248 valence electrons. The number of aromatic nitrogens is 5. The lowest BCUT2D eigenvalue weighted by atomic mass is 10.0. The fourth-order valence-electron chi connectivity index (χ4n) is 7.44. The van der Waals surface area contributed by atoms with Crippen molar-refractivity contribution in [2.24, 2.45) is 0 Å². The molecule has 0 radical (unpaired) electrons. The molecule has 11 rings (SSSR count). The van der Waals surface area contributed by atoms with Crippen molar-refractivity contribution in [1.29, 1.82) is 0 Å². The topological polar surface area (TPSA) is 69.6 Å². The van der Waals surface area contributed by atoms with Crippen LogP contribution in [0.15, 0.2) is 168 Å². The van der Waals surface area contributed by atoms with Crippen molar-refractivity contribution in [2.45, 2.75) is 0 Å². The van der Waals surface area contributed by atoms with E-state index >= 15 is 0 Å². The Balaban J connectivity index is 1.15. The summed E-state index contributed by atoms with van der Waals surface area (Å²) in [7, 11) is 0. The number of thiazole rings is 1. The monoisotopic (exact) mass is 697 g/mol. The van der Waals surface area contributed by atoms with Crippen LogP contribution < -0.4 is 0 Å². The van der Waals surface area contributed by atoms with Gasteiger partial charge in [-0.3, -0.25) is 4.57 Å². The lowest BCUT2D eigenvalue weighted by Gasteiger charge is -2.12. The van der Waals surface area contributed by atoms with Gasteiger partial charge in [0.1, 0.15) is 16.2 Å². The van der Waals surface area contributed by atoms with Crippen molar-refractivity contribution in [3.05, 3.63) is 164 Å². The Morgan fingerprint density at radius 1 is 0.453 bits per heavy atom. The number of hydrogen-bond donors (Lipinski definition) is 0. The van der Waals surface area contributed by atoms with Crippen molar-refractivity contribution in [1.82, 2.24) is 24.5 Å². The van der Waals surface area contributed by atoms with Gasteiger partial charge in [-0.2, -0.15) is 9.97 Å². The molecule has 0 bridgehead atoms. The summed E-state index contributed by atoms with van der Waals surface area (Å²) in [5, 5.41) is 5.19. The maximum atomic E-state index is 6.46. The van der Waals surface area contributed by atoms with Crippen LogP contribution in [0, 0.1) is 0 Å². The predicted molar refractivity (Wildman–Crippen MR) is 216 cm³/mol.